The zero-order chi connectivity index (χ0) is 9.14. The number of aromatic nitrogens is 1. The van der Waals surface area contributed by atoms with Crippen molar-refractivity contribution < 1.29 is 14.3 Å². The molecule has 0 aromatic carbocycles. The quantitative estimate of drug-likeness (QED) is 0.715. The molecular formula is C7H6FNO2S. The van der Waals surface area contributed by atoms with E-state index >= 15 is 0 Å². The lowest BCUT2D eigenvalue weighted by atomic mass is 10.3. The Morgan fingerprint density at radius 2 is 2.42 bits per heavy atom. The molecule has 64 valence electrons. The lowest BCUT2D eigenvalue weighted by Crippen LogP contribution is -2.01. The average Bonchev–Trinajstić information content (AvgIpc) is 2.05. The van der Waals surface area contributed by atoms with Gasteiger partial charge in [0.25, 0.3) is 0 Å². The van der Waals surface area contributed by atoms with Crippen LogP contribution in [0.4, 0.5) is 4.39 Å². The molecule has 0 aliphatic carbocycles. The van der Waals surface area contributed by atoms with Crippen LogP contribution in [0.15, 0.2) is 17.3 Å². The van der Waals surface area contributed by atoms with Gasteiger partial charge in [-0.2, -0.15) is 0 Å². The van der Waals surface area contributed by atoms with E-state index < -0.39 is 11.8 Å². The van der Waals surface area contributed by atoms with Gasteiger partial charge in [-0.05, 0) is 12.3 Å². The van der Waals surface area contributed by atoms with Crippen LogP contribution in [0.5, 0.6) is 0 Å². The van der Waals surface area contributed by atoms with Crippen LogP contribution >= 0.6 is 11.8 Å². The molecule has 0 fully saturated rings. The number of pyridine rings is 1. The third-order valence-electron chi connectivity index (χ3n) is 1.27. The van der Waals surface area contributed by atoms with Gasteiger partial charge in [0, 0.05) is 0 Å². The number of aromatic carboxylic acids is 1. The molecule has 3 nitrogen and oxygen atoms in total. The third-order valence-corrected chi connectivity index (χ3v) is 1.91. The Morgan fingerprint density at radius 3 is 2.92 bits per heavy atom. The lowest BCUT2D eigenvalue weighted by Gasteiger charge is -1.98. The number of thioether (sulfide) groups is 1. The first kappa shape index (κ1) is 8.99. The molecule has 0 amide bonds. The number of rotatable bonds is 2. The van der Waals surface area contributed by atoms with Crippen molar-refractivity contribution in [2.75, 3.05) is 6.26 Å². The maximum atomic E-state index is 12.7. The van der Waals surface area contributed by atoms with Crippen molar-refractivity contribution in [2.45, 2.75) is 5.03 Å². The van der Waals surface area contributed by atoms with E-state index in [4.69, 9.17) is 5.11 Å². The fourth-order valence-corrected chi connectivity index (χ4v) is 1.09. The van der Waals surface area contributed by atoms with Crippen molar-refractivity contribution >= 4 is 17.7 Å². The average molecular weight is 187 g/mol. The Morgan fingerprint density at radius 1 is 1.75 bits per heavy atom. The summed E-state index contributed by atoms with van der Waals surface area (Å²) < 4.78 is 12.7. The van der Waals surface area contributed by atoms with Crippen LogP contribution in [-0.4, -0.2) is 22.3 Å². The monoisotopic (exact) mass is 187 g/mol. The molecule has 5 heteroatoms. The van der Waals surface area contributed by atoms with Gasteiger partial charge < -0.3 is 5.11 Å². The van der Waals surface area contributed by atoms with Gasteiger partial charge >= 0.3 is 5.97 Å². The Bertz CT molecular complexity index is 316. The molecule has 0 aliphatic rings. The van der Waals surface area contributed by atoms with Gasteiger partial charge in [-0.3, -0.25) is 0 Å². The molecular weight excluding hydrogens is 181 g/mol. The van der Waals surface area contributed by atoms with Crippen LogP contribution in [-0.2, 0) is 0 Å². The van der Waals surface area contributed by atoms with E-state index in [0.717, 1.165) is 6.20 Å². The number of hydrogen-bond acceptors (Lipinski definition) is 3. The molecule has 0 saturated carbocycles. The Labute approximate surface area is 72.6 Å². The van der Waals surface area contributed by atoms with Crippen LogP contribution in [0, 0.1) is 5.82 Å². The summed E-state index contributed by atoms with van der Waals surface area (Å²) in [5.74, 6) is -2.08. The first-order valence-electron chi connectivity index (χ1n) is 3.08. The molecule has 0 unspecified atom stereocenters. The van der Waals surface area contributed by atoms with Gasteiger partial charge in [0.15, 0.2) is 5.82 Å². The number of carboxylic acid groups (broad SMARTS) is 1. The zero-order valence-electron chi connectivity index (χ0n) is 6.24. The van der Waals surface area contributed by atoms with E-state index in [1.807, 2.05) is 0 Å². The number of hydrogen-bond donors (Lipinski definition) is 1. The van der Waals surface area contributed by atoms with E-state index in [0.29, 0.717) is 5.03 Å². The first-order valence-corrected chi connectivity index (χ1v) is 4.30. The van der Waals surface area contributed by atoms with Gasteiger partial charge in [0.2, 0.25) is 0 Å². The summed E-state index contributed by atoms with van der Waals surface area (Å²) in [6.45, 7) is 0. The summed E-state index contributed by atoms with van der Waals surface area (Å²) in [7, 11) is 0. The molecule has 0 spiro atoms. The Kier molecular flexibility index (Phi) is 2.65. The van der Waals surface area contributed by atoms with Crippen molar-refractivity contribution in [3.05, 3.63) is 23.6 Å². The van der Waals surface area contributed by atoms with E-state index in [1.165, 1.54) is 17.8 Å². The second-order valence-corrected chi connectivity index (χ2v) is 2.84. The van der Waals surface area contributed by atoms with Gasteiger partial charge in [0.1, 0.15) is 0 Å². The molecule has 12 heavy (non-hydrogen) atoms. The highest BCUT2D eigenvalue weighted by Crippen LogP contribution is 2.15. The number of carboxylic acids is 1. The fourth-order valence-electron chi connectivity index (χ4n) is 0.695. The molecule has 0 aliphatic heterocycles. The lowest BCUT2D eigenvalue weighted by molar-refractivity contribution is 0.0691. The van der Waals surface area contributed by atoms with Crippen molar-refractivity contribution in [1.82, 2.24) is 4.98 Å². The van der Waals surface area contributed by atoms with Crippen LogP contribution in [0.25, 0.3) is 0 Å². The summed E-state index contributed by atoms with van der Waals surface area (Å²) in [5, 5.41) is 9.00. The summed E-state index contributed by atoms with van der Waals surface area (Å²) >= 11 is 1.27. The summed E-state index contributed by atoms with van der Waals surface area (Å²) in [5.41, 5.74) is -0.339. The minimum absolute atomic E-state index is 0.339. The zero-order valence-corrected chi connectivity index (χ0v) is 7.06. The van der Waals surface area contributed by atoms with E-state index in [2.05, 4.69) is 4.98 Å². The smallest absolute Gasteiger partial charge is 0.338 e. The largest absolute Gasteiger partial charge is 0.478 e. The van der Waals surface area contributed by atoms with Crippen LogP contribution in [0.2, 0.25) is 0 Å². The van der Waals surface area contributed by atoms with Crippen molar-refractivity contribution in [1.29, 1.82) is 0 Å². The highest BCUT2D eigenvalue weighted by atomic mass is 32.2. The summed E-state index contributed by atoms with van der Waals surface area (Å²) in [6, 6.07) is 1.21. The van der Waals surface area contributed by atoms with E-state index in [1.54, 1.807) is 6.26 Å². The SMILES string of the molecule is CSc1cc(C(=O)O)c(F)cn1. The van der Waals surface area contributed by atoms with Crippen LogP contribution in [0.3, 0.4) is 0 Å². The second-order valence-electron chi connectivity index (χ2n) is 2.01. The van der Waals surface area contributed by atoms with Crippen molar-refractivity contribution in [3.8, 4) is 0 Å². The van der Waals surface area contributed by atoms with Crippen LogP contribution in [0.1, 0.15) is 10.4 Å². The fraction of sp³-hybridized carbons (Fsp3) is 0.143. The van der Waals surface area contributed by atoms with Gasteiger partial charge in [-0.1, -0.05) is 0 Å². The molecule has 0 saturated heterocycles. The summed E-state index contributed by atoms with van der Waals surface area (Å²) in [4.78, 5) is 14.1. The van der Waals surface area contributed by atoms with Crippen molar-refractivity contribution in [3.63, 3.8) is 0 Å². The molecule has 0 atom stereocenters. The standard InChI is InChI=1S/C7H6FNO2S/c1-12-6-2-4(7(10)11)5(8)3-9-6/h2-3H,1H3,(H,10,11). The molecule has 1 heterocycles. The number of carbonyl (C=O) groups is 1. The van der Waals surface area contributed by atoms with Gasteiger partial charge in [-0.15, -0.1) is 11.8 Å². The maximum absolute atomic E-state index is 12.7. The maximum Gasteiger partial charge on any atom is 0.338 e. The third kappa shape index (κ3) is 1.73. The topological polar surface area (TPSA) is 50.2 Å². The Balaban J connectivity index is 3.17. The van der Waals surface area contributed by atoms with E-state index in [-0.39, 0.29) is 5.56 Å². The van der Waals surface area contributed by atoms with Gasteiger partial charge in [0.05, 0.1) is 16.8 Å². The van der Waals surface area contributed by atoms with Gasteiger partial charge in [-0.25, -0.2) is 14.2 Å². The summed E-state index contributed by atoms with van der Waals surface area (Å²) in [6.07, 6.45) is 2.65. The normalized spacial score (nSPS) is 9.83. The van der Waals surface area contributed by atoms with Crippen LogP contribution < -0.4 is 0 Å². The number of halogens is 1. The molecule has 0 bridgehead atoms. The predicted molar refractivity (Wildman–Crippen MR) is 42.9 cm³/mol. The highest BCUT2D eigenvalue weighted by molar-refractivity contribution is 7.98. The predicted octanol–water partition coefficient (Wildman–Crippen LogP) is 1.64. The molecule has 1 aromatic heterocycles. The first-order chi connectivity index (χ1) is 5.65. The molecule has 0 radical (unpaired) electrons. The Hall–Kier alpha value is -1.10. The molecule has 1 aromatic rings. The van der Waals surface area contributed by atoms with E-state index in [9.17, 15) is 9.18 Å². The molecule has 1 N–H and O–H groups in total. The minimum Gasteiger partial charge on any atom is -0.478 e. The minimum atomic E-state index is -1.27. The highest BCUT2D eigenvalue weighted by Gasteiger charge is 2.10. The second kappa shape index (κ2) is 3.53. The number of nitrogens with zero attached hydrogens (tertiary/aromatic N) is 1. The molecule has 1 rings (SSSR count). The van der Waals surface area contributed by atoms with Crippen molar-refractivity contribution in [2.24, 2.45) is 0 Å².